The lowest BCUT2D eigenvalue weighted by Gasteiger charge is -2.36. The molecule has 0 saturated carbocycles. The van der Waals surface area contributed by atoms with Gasteiger partial charge >= 0.3 is 12.4 Å². The topological polar surface area (TPSA) is 48.1 Å². The molecule has 0 aromatic heterocycles. The van der Waals surface area contributed by atoms with Crippen molar-refractivity contribution in [2.45, 2.75) is 32.2 Å². The molecule has 2 amide bonds. The summed E-state index contributed by atoms with van der Waals surface area (Å²) in [4.78, 5) is 18.9. The average Bonchev–Trinajstić information content (AvgIpc) is 2.85. The first kappa shape index (κ1) is 25.2. The standard InChI is InChI=1S/C26H33F3N4O2/c27-26(28,29)35-24-8-6-23(7-9-24)32-16-18-33(19-17-32)25(34)30-13-10-21-11-14-31(15-12-21)20-22-4-2-1-3-5-22/h1-9,21H,10-20H2,(H,30,34). The van der Waals surface area contributed by atoms with E-state index in [1.54, 1.807) is 17.0 Å². The highest BCUT2D eigenvalue weighted by Crippen LogP contribution is 2.26. The van der Waals surface area contributed by atoms with E-state index in [0.29, 0.717) is 38.6 Å². The van der Waals surface area contributed by atoms with Gasteiger partial charge in [-0.2, -0.15) is 0 Å². The van der Waals surface area contributed by atoms with Crippen LogP contribution < -0.4 is 15.0 Å². The van der Waals surface area contributed by atoms with Crippen LogP contribution in [0.25, 0.3) is 0 Å². The Bertz CT molecular complexity index is 924. The van der Waals surface area contributed by atoms with Crippen molar-refractivity contribution in [3.63, 3.8) is 0 Å². The molecule has 2 aliphatic rings. The van der Waals surface area contributed by atoms with Crippen LogP contribution in [0.1, 0.15) is 24.8 Å². The lowest BCUT2D eigenvalue weighted by atomic mass is 9.93. The normalized spacial score (nSPS) is 17.9. The third kappa shape index (κ3) is 7.78. The molecular weight excluding hydrogens is 457 g/mol. The Balaban J connectivity index is 1.11. The number of hydrogen-bond acceptors (Lipinski definition) is 4. The number of benzene rings is 2. The number of hydrogen-bond donors (Lipinski definition) is 1. The van der Waals surface area contributed by atoms with Crippen molar-refractivity contribution in [1.29, 1.82) is 0 Å². The molecule has 4 rings (SSSR count). The van der Waals surface area contributed by atoms with Gasteiger partial charge in [0.1, 0.15) is 5.75 Å². The first-order chi connectivity index (χ1) is 16.9. The summed E-state index contributed by atoms with van der Waals surface area (Å²) in [7, 11) is 0. The van der Waals surface area contributed by atoms with E-state index < -0.39 is 6.36 Å². The third-order valence-electron chi connectivity index (χ3n) is 6.79. The van der Waals surface area contributed by atoms with E-state index in [2.05, 4.69) is 44.1 Å². The Morgan fingerprint density at radius 3 is 2.20 bits per heavy atom. The number of alkyl halides is 3. The fourth-order valence-corrected chi connectivity index (χ4v) is 4.80. The van der Waals surface area contributed by atoms with Crippen molar-refractivity contribution >= 4 is 11.7 Å². The van der Waals surface area contributed by atoms with Crippen LogP contribution in [0.3, 0.4) is 0 Å². The minimum atomic E-state index is -4.69. The van der Waals surface area contributed by atoms with E-state index in [1.807, 2.05) is 6.07 Å². The fourth-order valence-electron chi connectivity index (χ4n) is 4.80. The minimum absolute atomic E-state index is 0.0416. The van der Waals surface area contributed by atoms with E-state index in [4.69, 9.17) is 0 Å². The molecule has 1 N–H and O–H groups in total. The molecule has 0 unspecified atom stereocenters. The number of rotatable bonds is 7. The Labute approximate surface area is 204 Å². The van der Waals surface area contributed by atoms with Crippen LogP contribution in [0.15, 0.2) is 54.6 Å². The molecule has 0 aliphatic carbocycles. The largest absolute Gasteiger partial charge is 0.573 e. The van der Waals surface area contributed by atoms with Gasteiger partial charge in [0.25, 0.3) is 0 Å². The van der Waals surface area contributed by atoms with E-state index in [9.17, 15) is 18.0 Å². The zero-order chi connectivity index (χ0) is 24.7. The number of likely N-dealkylation sites (tertiary alicyclic amines) is 1. The number of piperidine rings is 1. The third-order valence-corrected chi connectivity index (χ3v) is 6.79. The molecule has 2 heterocycles. The average molecular weight is 491 g/mol. The zero-order valence-corrected chi connectivity index (χ0v) is 19.8. The molecule has 2 fully saturated rings. The van der Waals surface area contributed by atoms with E-state index >= 15 is 0 Å². The Kier molecular flexibility index (Phi) is 8.38. The molecule has 9 heteroatoms. The second kappa shape index (κ2) is 11.7. The number of carbonyl (C=O) groups is 1. The molecule has 2 saturated heterocycles. The van der Waals surface area contributed by atoms with Crippen LogP contribution in [-0.2, 0) is 6.54 Å². The number of piperazine rings is 1. The molecule has 0 bridgehead atoms. The molecule has 0 atom stereocenters. The van der Waals surface area contributed by atoms with Crippen molar-refractivity contribution in [3.8, 4) is 5.75 Å². The quantitative estimate of drug-likeness (QED) is 0.610. The molecular formula is C26H33F3N4O2. The summed E-state index contributed by atoms with van der Waals surface area (Å²) in [6.07, 6.45) is -1.38. The fraction of sp³-hybridized carbons (Fsp3) is 0.500. The van der Waals surface area contributed by atoms with E-state index in [1.165, 1.54) is 17.7 Å². The Morgan fingerprint density at radius 2 is 1.57 bits per heavy atom. The van der Waals surface area contributed by atoms with Crippen molar-refractivity contribution in [2.75, 3.05) is 50.7 Å². The minimum Gasteiger partial charge on any atom is -0.406 e. The van der Waals surface area contributed by atoms with Gasteiger partial charge in [0.15, 0.2) is 0 Å². The van der Waals surface area contributed by atoms with Gasteiger partial charge in [0.2, 0.25) is 0 Å². The van der Waals surface area contributed by atoms with E-state index in [-0.39, 0.29) is 11.8 Å². The van der Waals surface area contributed by atoms with Gasteiger partial charge in [-0.25, -0.2) is 4.79 Å². The molecule has 6 nitrogen and oxygen atoms in total. The molecule has 2 aromatic rings. The molecule has 0 spiro atoms. The van der Waals surface area contributed by atoms with Gasteiger partial charge in [-0.05, 0) is 68.1 Å². The van der Waals surface area contributed by atoms with Crippen LogP contribution >= 0.6 is 0 Å². The van der Waals surface area contributed by atoms with Crippen LogP contribution in [0, 0.1) is 5.92 Å². The van der Waals surface area contributed by atoms with E-state index in [0.717, 1.165) is 44.6 Å². The second-order valence-corrected chi connectivity index (χ2v) is 9.24. The van der Waals surface area contributed by atoms with Crippen LogP contribution in [0.2, 0.25) is 0 Å². The lowest BCUT2D eigenvalue weighted by Crippen LogP contribution is -2.52. The highest BCUT2D eigenvalue weighted by Gasteiger charge is 2.31. The number of nitrogens with one attached hydrogen (secondary N) is 1. The van der Waals surface area contributed by atoms with Crippen LogP contribution in [-0.4, -0.2) is 68.0 Å². The van der Waals surface area contributed by atoms with Gasteiger partial charge < -0.3 is 19.9 Å². The van der Waals surface area contributed by atoms with Gasteiger partial charge in [0, 0.05) is 45.0 Å². The number of ether oxygens (including phenoxy) is 1. The number of urea groups is 1. The maximum absolute atomic E-state index is 12.6. The molecule has 2 aliphatic heterocycles. The van der Waals surface area contributed by atoms with Gasteiger partial charge in [-0.1, -0.05) is 30.3 Å². The zero-order valence-electron chi connectivity index (χ0n) is 19.8. The summed E-state index contributed by atoms with van der Waals surface area (Å²) in [5, 5.41) is 3.07. The molecule has 35 heavy (non-hydrogen) atoms. The van der Waals surface area contributed by atoms with Crippen LogP contribution in [0.5, 0.6) is 5.75 Å². The SMILES string of the molecule is O=C(NCCC1CCN(Cc2ccccc2)CC1)N1CCN(c2ccc(OC(F)(F)F)cc2)CC1. The van der Waals surface area contributed by atoms with Gasteiger partial charge in [-0.3, -0.25) is 4.90 Å². The summed E-state index contributed by atoms with van der Waals surface area (Å²) in [6, 6.07) is 16.4. The van der Waals surface area contributed by atoms with Crippen LogP contribution in [0.4, 0.5) is 23.7 Å². The number of amides is 2. The van der Waals surface area contributed by atoms with Crippen molar-refractivity contribution in [3.05, 3.63) is 60.2 Å². The maximum Gasteiger partial charge on any atom is 0.573 e. The first-order valence-electron chi connectivity index (χ1n) is 12.3. The number of halogens is 3. The maximum atomic E-state index is 12.6. The predicted molar refractivity (Wildman–Crippen MR) is 129 cm³/mol. The second-order valence-electron chi connectivity index (χ2n) is 9.24. The smallest absolute Gasteiger partial charge is 0.406 e. The molecule has 190 valence electrons. The van der Waals surface area contributed by atoms with Crippen molar-refractivity contribution < 1.29 is 22.7 Å². The summed E-state index contributed by atoms with van der Waals surface area (Å²) in [6.45, 7) is 6.29. The van der Waals surface area contributed by atoms with Gasteiger partial charge in [-0.15, -0.1) is 13.2 Å². The Morgan fingerprint density at radius 1 is 0.914 bits per heavy atom. The molecule has 0 radical (unpaired) electrons. The summed E-state index contributed by atoms with van der Waals surface area (Å²) in [5.41, 5.74) is 2.17. The Hall–Kier alpha value is -2.94. The van der Waals surface area contributed by atoms with Crippen molar-refractivity contribution in [2.24, 2.45) is 5.92 Å². The highest BCUT2D eigenvalue weighted by atomic mass is 19.4. The number of carbonyl (C=O) groups excluding carboxylic acids is 1. The molecule has 2 aromatic carbocycles. The monoisotopic (exact) mass is 490 g/mol. The highest BCUT2D eigenvalue weighted by molar-refractivity contribution is 5.74. The van der Waals surface area contributed by atoms with Crippen molar-refractivity contribution in [1.82, 2.24) is 15.1 Å². The summed E-state index contributed by atoms with van der Waals surface area (Å²) < 4.78 is 40.9. The summed E-state index contributed by atoms with van der Waals surface area (Å²) in [5.74, 6) is 0.407. The lowest BCUT2D eigenvalue weighted by molar-refractivity contribution is -0.274. The first-order valence-corrected chi connectivity index (χ1v) is 12.3. The predicted octanol–water partition coefficient (Wildman–Crippen LogP) is 4.72. The van der Waals surface area contributed by atoms with Gasteiger partial charge in [0.05, 0.1) is 0 Å². The summed E-state index contributed by atoms with van der Waals surface area (Å²) >= 11 is 0. The number of nitrogens with zero attached hydrogens (tertiary/aromatic N) is 3. The number of anilines is 1.